The third-order valence-electron chi connectivity index (χ3n) is 2.85. The zero-order valence-corrected chi connectivity index (χ0v) is 11.1. The van der Waals surface area contributed by atoms with Gasteiger partial charge >= 0.3 is 0 Å². The maximum absolute atomic E-state index is 13.0. The fourth-order valence-corrected chi connectivity index (χ4v) is 2.20. The summed E-state index contributed by atoms with van der Waals surface area (Å²) in [6.07, 6.45) is 0. The number of anilines is 1. The highest BCUT2D eigenvalue weighted by atomic mass is 35.5. The molecule has 2 rings (SSSR count). The Morgan fingerprint density at radius 3 is 2.68 bits per heavy atom. The molecule has 0 saturated heterocycles. The van der Waals surface area contributed by atoms with E-state index in [-0.39, 0.29) is 11.9 Å². The zero-order chi connectivity index (χ0) is 13.8. The summed E-state index contributed by atoms with van der Waals surface area (Å²) in [7, 11) is 0. The monoisotopic (exact) mass is 274 g/mol. The molecule has 0 radical (unpaired) electrons. The van der Waals surface area contributed by atoms with Crippen LogP contribution in [-0.2, 0) is 0 Å². The van der Waals surface area contributed by atoms with Crippen molar-refractivity contribution in [1.82, 2.24) is 0 Å². The summed E-state index contributed by atoms with van der Waals surface area (Å²) in [6, 6.07) is 13.5. The lowest BCUT2D eigenvalue weighted by atomic mass is 10.1. The Kier molecular flexibility index (Phi) is 4.03. The molecule has 0 saturated carbocycles. The van der Waals surface area contributed by atoms with Gasteiger partial charge < -0.3 is 5.32 Å². The molecule has 0 amide bonds. The molecule has 2 aromatic rings. The minimum atomic E-state index is -0.363. The molecule has 0 spiro atoms. The second kappa shape index (κ2) is 5.73. The summed E-state index contributed by atoms with van der Waals surface area (Å²) in [6.45, 7) is 1.91. The number of benzene rings is 2. The SMILES string of the molecule is CC(Nc1ccccc1C#N)c1ccc(F)cc1Cl. The molecule has 0 bridgehead atoms. The Morgan fingerprint density at radius 1 is 1.26 bits per heavy atom. The highest BCUT2D eigenvalue weighted by molar-refractivity contribution is 6.31. The second-order valence-electron chi connectivity index (χ2n) is 4.19. The summed E-state index contributed by atoms with van der Waals surface area (Å²) in [5.41, 5.74) is 2.08. The fourth-order valence-electron chi connectivity index (χ4n) is 1.87. The minimum Gasteiger partial charge on any atom is -0.377 e. The van der Waals surface area contributed by atoms with Gasteiger partial charge in [0.25, 0.3) is 0 Å². The highest BCUT2D eigenvalue weighted by Crippen LogP contribution is 2.27. The van der Waals surface area contributed by atoms with E-state index < -0.39 is 0 Å². The van der Waals surface area contributed by atoms with Crippen LogP contribution >= 0.6 is 11.6 Å². The van der Waals surface area contributed by atoms with Gasteiger partial charge in [0.05, 0.1) is 17.3 Å². The van der Waals surface area contributed by atoms with E-state index in [1.54, 1.807) is 18.2 Å². The number of nitriles is 1. The Balaban J connectivity index is 2.26. The average Bonchev–Trinajstić information content (AvgIpc) is 2.39. The van der Waals surface area contributed by atoms with E-state index in [9.17, 15) is 4.39 Å². The molecule has 0 aliphatic rings. The lowest BCUT2D eigenvalue weighted by molar-refractivity contribution is 0.626. The van der Waals surface area contributed by atoms with Crippen molar-refractivity contribution >= 4 is 17.3 Å². The fraction of sp³-hybridized carbons (Fsp3) is 0.133. The van der Waals surface area contributed by atoms with Gasteiger partial charge in [0.15, 0.2) is 0 Å². The van der Waals surface area contributed by atoms with Crippen molar-refractivity contribution in [3.63, 3.8) is 0 Å². The number of nitrogens with zero attached hydrogens (tertiary/aromatic N) is 1. The third-order valence-corrected chi connectivity index (χ3v) is 3.18. The lowest BCUT2D eigenvalue weighted by Crippen LogP contribution is -2.08. The predicted molar refractivity (Wildman–Crippen MR) is 74.6 cm³/mol. The van der Waals surface area contributed by atoms with E-state index in [1.165, 1.54) is 12.1 Å². The molecule has 1 atom stereocenters. The van der Waals surface area contributed by atoms with Crippen molar-refractivity contribution in [3.8, 4) is 6.07 Å². The summed E-state index contributed by atoms with van der Waals surface area (Å²) >= 11 is 6.02. The van der Waals surface area contributed by atoms with E-state index in [4.69, 9.17) is 16.9 Å². The van der Waals surface area contributed by atoms with Crippen molar-refractivity contribution < 1.29 is 4.39 Å². The van der Waals surface area contributed by atoms with Crippen molar-refractivity contribution in [3.05, 3.63) is 64.4 Å². The Morgan fingerprint density at radius 2 is 2.00 bits per heavy atom. The molecule has 1 unspecified atom stereocenters. The first-order valence-electron chi connectivity index (χ1n) is 5.82. The van der Waals surface area contributed by atoms with Crippen LogP contribution in [0.3, 0.4) is 0 Å². The molecule has 0 heterocycles. The summed E-state index contributed by atoms with van der Waals surface area (Å²) < 4.78 is 13.0. The van der Waals surface area contributed by atoms with Crippen LogP contribution < -0.4 is 5.32 Å². The van der Waals surface area contributed by atoms with Crippen molar-refractivity contribution in [2.24, 2.45) is 0 Å². The van der Waals surface area contributed by atoms with E-state index in [0.717, 1.165) is 11.3 Å². The molecule has 0 aliphatic heterocycles. The van der Waals surface area contributed by atoms with Gasteiger partial charge in [0.2, 0.25) is 0 Å². The molecule has 0 aromatic heterocycles. The van der Waals surface area contributed by atoms with E-state index in [2.05, 4.69) is 11.4 Å². The largest absolute Gasteiger partial charge is 0.377 e. The summed E-state index contributed by atoms with van der Waals surface area (Å²) in [4.78, 5) is 0. The molecule has 0 aliphatic carbocycles. The van der Waals surface area contributed by atoms with Gasteiger partial charge in [-0.1, -0.05) is 29.8 Å². The summed E-state index contributed by atoms with van der Waals surface area (Å²) in [5.74, 6) is -0.363. The van der Waals surface area contributed by atoms with Crippen LogP contribution in [-0.4, -0.2) is 0 Å². The maximum Gasteiger partial charge on any atom is 0.124 e. The topological polar surface area (TPSA) is 35.8 Å². The number of rotatable bonds is 3. The van der Waals surface area contributed by atoms with Crippen molar-refractivity contribution in [1.29, 1.82) is 5.26 Å². The van der Waals surface area contributed by atoms with E-state index >= 15 is 0 Å². The van der Waals surface area contributed by atoms with E-state index in [0.29, 0.717) is 10.6 Å². The molecule has 2 aromatic carbocycles. The van der Waals surface area contributed by atoms with Gasteiger partial charge in [-0.25, -0.2) is 4.39 Å². The lowest BCUT2D eigenvalue weighted by Gasteiger charge is -2.17. The van der Waals surface area contributed by atoms with Gasteiger partial charge in [0, 0.05) is 5.02 Å². The minimum absolute atomic E-state index is 0.123. The van der Waals surface area contributed by atoms with Crippen LogP contribution in [0, 0.1) is 17.1 Å². The first kappa shape index (κ1) is 13.4. The number of para-hydroxylation sites is 1. The van der Waals surface area contributed by atoms with Crippen LogP contribution in [0.4, 0.5) is 10.1 Å². The van der Waals surface area contributed by atoms with Gasteiger partial charge in [0.1, 0.15) is 11.9 Å². The van der Waals surface area contributed by atoms with Crippen LogP contribution in [0.1, 0.15) is 24.1 Å². The smallest absolute Gasteiger partial charge is 0.124 e. The molecule has 2 nitrogen and oxygen atoms in total. The summed E-state index contributed by atoms with van der Waals surface area (Å²) in [5, 5.41) is 12.6. The third kappa shape index (κ3) is 3.04. The van der Waals surface area contributed by atoms with Crippen LogP contribution in [0.2, 0.25) is 5.02 Å². The zero-order valence-electron chi connectivity index (χ0n) is 10.3. The molecular weight excluding hydrogens is 263 g/mol. The first-order valence-corrected chi connectivity index (χ1v) is 6.20. The molecule has 96 valence electrons. The maximum atomic E-state index is 13.0. The normalized spacial score (nSPS) is 11.7. The Hall–Kier alpha value is -2.05. The van der Waals surface area contributed by atoms with E-state index in [1.807, 2.05) is 19.1 Å². The average molecular weight is 275 g/mol. The van der Waals surface area contributed by atoms with Crippen LogP contribution in [0.15, 0.2) is 42.5 Å². The van der Waals surface area contributed by atoms with Gasteiger partial charge in [-0.05, 0) is 36.8 Å². The quantitative estimate of drug-likeness (QED) is 0.893. The highest BCUT2D eigenvalue weighted by Gasteiger charge is 2.11. The first-order chi connectivity index (χ1) is 9.11. The molecule has 4 heteroatoms. The second-order valence-corrected chi connectivity index (χ2v) is 4.60. The number of hydrogen-bond donors (Lipinski definition) is 1. The number of halogens is 2. The standard InChI is InChI=1S/C15H12ClFN2/c1-10(13-7-6-12(17)8-14(13)16)19-15-5-3-2-4-11(15)9-18/h2-8,10,19H,1H3. The Labute approximate surface area is 116 Å². The van der Waals surface area contributed by atoms with Crippen LogP contribution in [0.25, 0.3) is 0 Å². The van der Waals surface area contributed by atoms with Crippen LogP contribution in [0.5, 0.6) is 0 Å². The molecule has 0 fully saturated rings. The van der Waals surface area contributed by atoms with Gasteiger partial charge in [-0.2, -0.15) is 5.26 Å². The van der Waals surface area contributed by atoms with Crippen molar-refractivity contribution in [2.45, 2.75) is 13.0 Å². The Bertz CT molecular complexity index is 634. The number of nitrogens with one attached hydrogen (secondary N) is 1. The molecule has 19 heavy (non-hydrogen) atoms. The predicted octanol–water partition coefficient (Wildman–Crippen LogP) is 4.52. The molecule has 1 N–H and O–H groups in total. The molecular formula is C15H12ClFN2. The van der Waals surface area contributed by atoms with Gasteiger partial charge in [-0.3, -0.25) is 0 Å². The van der Waals surface area contributed by atoms with Gasteiger partial charge in [-0.15, -0.1) is 0 Å². The number of hydrogen-bond acceptors (Lipinski definition) is 2. The van der Waals surface area contributed by atoms with Crippen molar-refractivity contribution in [2.75, 3.05) is 5.32 Å².